The first-order valence-corrected chi connectivity index (χ1v) is 14.7. The molecule has 2 amide bonds. The predicted molar refractivity (Wildman–Crippen MR) is 162 cm³/mol. The van der Waals surface area contributed by atoms with E-state index in [0.29, 0.717) is 22.2 Å². The van der Waals surface area contributed by atoms with Crippen molar-refractivity contribution in [1.82, 2.24) is 10.2 Å². The predicted octanol–water partition coefficient (Wildman–Crippen LogP) is 7.39. The molecular weight excluding hydrogens is 543 g/mol. The van der Waals surface area contributed by atoms with Crippen molar-refractivity contribution < 1.29 is 14.3 Å². The minimum absolute atomic E-state index is 0.121. The van der Waals surface area contributed by atoms with Crippen LogP contribution in [-0.4, -0.2) is 35.4 Å². The van der Waals surface area contributed by atoms with Gasteiger partial charge in [-0.2, -0.15) is 0 Å². The molecule has 1 N–H and O–H groups in total. The average molecular weight is 582 g/mol. The van der Waals surface area contributed by atoms with E-state index < -0.39 is 6.04 Å². The molecule has 0 saturated heterocycles. The van der Waals surface area contributed by atoms with Crippen LogP contribution >= 0.6 is 23.2 Å². The third-order valence-corrected chi connectivity index (χ3v) is 8.41. The van der Waals surface area contributed by atoms with Crippen LogP contribution in [0.25, 0.3) is 0 Å². The summed E-state index contributed by atoms with van der Waals surface area (Å²) in [6.07, 6.45) is 5.69. The van der Waals surface area contributed by atoms with E-state index >= 15 is 0 Å². The second-order valence-electron chi connectivity index (χ2n) is 10.8. The molecule has 1 atom stereocenters. The first kappa shape index (κ1) is 30.0. The Labute approximate surface area is 247 Å². The molecule has 3 aromatic carbocycles. The summed E-state index contributed by atoms with van der Waals surface area (Å²) in [6, 6.07) is 18.5. The molecule has 1 saturated carbocycles. The van der Waals surface area contributed by atoms with Gasteiger partial charge in [-0.3, -0.25) is 9.59 Å². The number of nitrogens with zero attached hydrogens (tertiary/aromatic N) is 1. The number of halogens is 2. The highest BCUT2D eigenvalue weighted by atomic mass is 35.5. The minimum atomic E-state index is -0.727. The zero-order chi connectivity index (χ0) is 28.6. The lowest BCUT2D eigenvalue weighted by Gasteiger charge is -2.33. The van der Waals surface area contributed by atoms with Gasteiger partial charge in [0.05, 0.1) is 10.0 Å². The third kappa shape index (κ3) is 8.02. The van der Waals surface area contributed by atoms with E-state index in [-0.39, 0.29) is 31.0 Å². The normalized spacial score (nSPS) is 14.4. The summed E-state index contributed by atoms with van der Waals surface area (Å²) in [5.41, 5.74) is 4.92. The Morgan fingerprint density at radius 3 is 2.35 bits per heavy atom. The number of nitrogens with one attached hydrogen (secondary N) is 1. The molecule has 1 aliphatic carbocycles. The fraction of sp³-hybridized carbons (Fsp3) is 0.394. The molecule has 1 aliphatic rings. The van der Waals surface area contributed by atoms with Crippen molar-refractivity contribution in [1.29, 1.82) is 0 Å². The van der Waals surface area contributed by atoms with Crippen LogP contribution in [0.3, 0.4) is 0 Å². The molecular formula is C33H38Cl2N2O3. The van der Waals surface area contributed by atoms with Gasteiger partial charge in [-0.1, -0.05) is 84.9 Å². The Morgan fingerprint density at radius 2 is 1.65 bits per heavy atom. The molecule has 7 heteroatoms. The van der Waals surface area contributed by atoms with Gasteiger partial charge in [0.2, 0.25) is 5.91 Å². The summed E-state index contributed by atoms with van der Waals surface area (Å²) in [4.78, 5) is 29.5. The number of benzene rings is 3. The van der Waals surface area contributed by atoms with Gasteiger partial charge in [0.15, 0.2) is 6.61 Å². The fourth-order valence-electron chi connectivity index (χ4n) is 5.31. The maximum Gasteiger partial charge on any atom is 0.261 e. The van der Waals surface area contributed by atoms with Crippen molar-refractivity contribution in [3.05, 3.63) is 98.5 Å². The smallest absolute Gasteiger partial charge is 0.261 e. The Kier molecular flexibility index (Phi) is 10.5. The van der Waals surface area contributed by atoms with Crippen molar-refractivity contribution in [3.8, 4) is 5.75 Å². The summed E-state index contributed by atoms with van der Waals surface area (Å²) in [5, 5.41) is 4.10. The van der Waals surface area contributed by atoms with E-state index in [1.54, 1.807) is 17.0 Å². The topological polar surface area (TPSA) is 58.6 Å². The van der Waals surface area contributed by atoms with E-state index in [1.165, 1.54) is 6.42 Å². The largest absolute Gasteiger partial charge is 0.483 e. The van der Waals surface area contributed by atoms with Crippen LogP contribution in [0.2, 0.25) is 10.0 Å². The zero-order valence-electron chi connectivity index (χ0n) is 23.5. The van der Waals surface area contributed by atoms with Gasteiger partial charge in [-0.25, -0.2) is 0 Å². The Morgan fingerprint density at radius 1 is 0.925 bits per heavy atom. The van der Waals surface area contributed by atoms with Gasteiger partial charge >= 0.3 is 0 Å². The van der Waals surface area contributed by atoms with Gasteiger partial charge in [0.1, 0.15) is 11.8 Å². The van der Waals surface area contributed by atoms with Gasteiger partial charge in [-0.15, -0.1) is 0 Å². The van der Waals surface area contributed by atoms with Crippen LogP contribution in [-0.2, 0) is 22.6 Å². The van der Waals surface area contributed by atoms with Gasteiger partial charge in [-0.05, 0) is 79.6 Å². The number of amides is 2. The van der Waals surface area contributed by atoms with Crippen molar-refractivity contribution in [2.24, 2.45) is 0 Å². The summed E-state index contributed by atoms with van der Waals surface area (Å²) in [5.74, 6) is 0.253. The molecule has 5 nitrogen and oxygen atoms in total. The quantitative estimate of drug-likeness (QED) is 0.272. The fourth-order valence-corrected chi connectivity index (χ4v) is 5.63. The molecule has 0 bridgehead atoms. The summed E-state index contributed by atoms with van der Waals surface area (Å²) >= 11 is 12.5. The number of ether oxygens (including phenoxy) is 1. The van der Waals surface area contributed by atoms with Gasteiger partial charge < -0.3 is 15.0 Å². The lowest BCUT2D eigenvalue weighted by molar-refractivity contribution is -0.143. The number of hydrogen-bond donors (Lipinski definition) is 1. The number of carbonyl (C=O) groups excluding carboxylic acids is 2. The molecule has 0 heterocycles. The van der Waals surface area contributed by atoms with Crippen molar-refractivity contribution >= 4 is 35.0 Å². The highest BCUT2D eigenvalue weighted by molar-refractivity contribution is 6.42. The Balaban J connectivity index is 1.65. The standard InChI is InChI=1S/C33H38Cl2N2O3/c1-22-16-23(2)24(3)31(17-22)40-21-32(38)37(20-26-14-15-28(34)29(35)18-26)30(19-25-10-6-4-7-11-25)33(39)36-27-12-8-5-9-13-27/h4,6-7,10-11,14-18,27,30H,5,8-9,12-13,19-21H2,1-3H3,(H,36,39). The number of hydrogen-bond acceptors (Lipinski definition) is 3. The van der Waals surface area contributed by atoms with Crippen molar-refractivity contribution in [2.45, 2.75) is 77.9 Å². The van der Waals surface area contributed by atoms with Crippen LogP contribution in [0, 0.1) is 20.8 Å². The van der Waals surface area contributed by atoms with E-state index in [9.17, 15) is 9.59 Å². The van der Waals surface area contributed by atoms with Crippen molar-refractivity contribution in [3.63, 3.8) is 0 Å². The molecule has 0 aliphatic heterocycles. The number of carbonyl (C=O) groups is 2. The van der Waals surface area contributed by atoms with Crippen LogP contribution in [0.1, 0.15) is 59.9 Å². The lowest BCUT2D eigenvalue weighted by Crippen LogP contribution is -2.53. The van der Waals surface area contributed by atoms with Crippen LogP contribution < -0.4 is 10.1 Å². The van der Waals surface area contributed by atoms with E-state index in [4.69, 9.17) is 27.9 Å². The maximum atomic E-state index is 13.9. The number of rotatable bonds is 10. The molecule has 1 unspecified atom stereocenters. The van der Waals surface area contributed by atoms with Crippen LogP contribution in [0.5, 0.6) is 5.75 Å². The lowest BCUT2D eigenvalue weighted by atomic mass is 9.94. The first-order valence-electron chi connectivity index (χ1n) is 14.0. The molecule has 3 aromatic rings. The average Bonchev–Trinajstić information content (AvgIpc) is 2.94. The summed E-state index contributed by atoms with van der Waals surface area (Å²) in [7, 11) is 0. The second-order valence-corrected chi connectivity index (χ2v) is 11.6. The summed E-state index contributed by atoms with van der Waals surface area (Å²) < 4.78 is 6.08. The molecule has 0 radical (unpaired) electrons. The van der Waals surface area contributed by atoms with Crippen LogP contribution in [0.4, 0.5) is 0 Å². The Hall–Kier alpha value is -3.02. The van der Waals surface area contributed by atoms with E-state index in [0.717, 1.165) is 53.5 Å². The zero-order valence-corrected chi connectivity index (χ0v) is 25.0. The SMILES string of the molecule is Cc1cc(C)c(C)c(OCC(=O)N(Cc2ccc(Cl)c(Cl)c2)C(Cc2ccccc2)C(=O)NC2CCCCC2)c1. The first-order chi connectivity index (χ1) is 19.2. The van der Waals surface area contributed by atoms with Crippen LogP contribution in [0.15, 0.2) is 60.7 Å². The van der Waals surface area contributed by atoms with E-state index in [1.807, 2.05) is 63.2 Å². The summed E-state index contributed by atoms with van der Waals surface area (Å²) in [6.45, 7) is 6.02. The van der Waals surface area contributed by atoms with Gasteiger partial charge in [0.25, 0.3) is 5.91 Å². The molecule has 4 rings (SSSR count). The third-order valence-electron chi connectivity index (χ3n) is 7.67. The molecule has 0 aromatic heterocycles. The molecule has 212 valence electrons. The number of aryl methyl sites for hydroxylation is 2. The van der Waals surface area contributed by atoms with Crippen molar-refractivity contribution in [2.75, 3.05) is 6.61 Å². The molecule has 40 heavy (non-hydrogen) atoms. The van der Waals surface area contributed by atoms with E-state index in [2.05, 4.69) is 11.4 Å². The second kappa shape index (κ2) is 14.0. The van der Waals surface area contributed by atoms with Gasteiger partial charge in [0, 0.05) is 19.0 Å². The minimum Gasteiger partial charge on any atom is -0.483 e. The molecule has 0 spiro atoms. The highest BCUT2D eigenvalue weighted by Gasteiger charge is 2.32. The monoisotopic (exact) mass is 580 g/mol. The molecule has 1 fully saturated rings. The highest BCUT2D eigenvalue weighted by Crippen LogP contribution is 2.26. The maximum absolute atomic E-state index is 13.9. The Bertz CT molecular complexity index is 1320.